The Morgan fingerprint density at radius 2 is 2.16 bits per heavy atom. The lowest BCUT2D eigenvalue weighted by Gasteiger charge is -2.42. The molecule has 6 rings (SSSR count). The van der Waals surface area contributed by atoms with Gasteiger partial charge < -0.3 is 5.11 Å². The summed E-state index contributed by atoms with van der Waals surface area (Å²) < 4.78 is 15.7. The minimum absolute atomic E-state index is 0.239. The highest BCUT2D eigenvalue weighted by Crippen LogP contribution is 2.43. The highest BCUT2D eigenvalue weighted by atomic mass is 32.1. The molecule has 3 aromatic heterocycles. The van der Waals surface area contributed by atoms with Crippen LogP contribution in [0.2, 0.25) is 0 Å². The van der Waals surface area contributed by atoms with Gasteiger partial charge in [0.25, 0.3) is 0 Å². The summed E-state index contributed by atoms with van der Waals surface area (Å²) in [5.41, 5.74) is 2.09. The molecule has 156 valence electrons. The number of thiazole rings is 1. The van der Waals surface area contributed by atoms with E-state index in [9.17, 15) is 9.50 Å². The summed E-state index contributed by atoms with van der Waals surface area (Å²) in [6.45, 7) is 3.63. The molecule has 2 aliphatic heterocycles. The molecular formula is C22H19FN6OS. The van der Waals surface area contributed by atoms with Gasteiger partial charge in [-0.2, -0.15) is 5.10 Å². The van der Waals surface area contributed by atoms with E-state index in [1.54, 1.807) is 28.3 Å². The van der Waals surface area contributed by atoms with Gasteiger partial charge in [0.05, 0.1) is 12.2 Å². The second kappa shape index (κ2) is 6.74. The van der Waals surface area contributed by atoms with E-state index >= 15 is 0 Å². The molecule has 4 aromatic rings. The van der Waals surface area contributed by atoms with E-state index in [1.165, 1.54) is 23.3 Å². The highest BCUT2D eigenvalue weighted by molar-refractivity contribution is 7.15. The topological polar surface area (TPSA) is 80.0 Å². The molecular weight excluding hydrogens is 415 g/mol. The summed E-state index contributed by atoms with van der Waals surface area (Å²) in [6.07, 6.45) is 5.02. The Labute approximate surface area is 181 Å². The van der Waals surface area contributed by atoms with E-state index in [2.05, 4.69) is 20.0 Å². The van der Waals surface area contributed by atoms with Gasteiger partial charge >= 0.3 is 0 Å². The first-order valence-corrected chi connectivity index (χ1v) is 10.9. The summed E-state index contributed by atoms with van der Waals surface area (Å²) in [5, 5.41) is 17.1. The molecule has 2 aliphatic rings. The van der Waals surface area contributed by atoms with Gasteiger partial charge in [-0.05, 0) is 36.8 Å². The van der Waals surface area contributed by atoms with Crippen molar-refractivity contribution in [1.82, 2.24) is 29.6 Å². The molecule has 2 atom stereocenters. The van der Waals surface area contributed by atoms with Gasteiger partial charge in [-0.3, -0.25) is 9.88 Å². The number of fused-ring (bicyclic) bond motifs is 4. The second-order valence-corrected chi connectivity index (χ2v) is 9.15. The van der Waals surface area contributed by atoms with E-state index in [0.717, 1.165) is 16.3 Å². The van der Waals surface area contributed by atoms with Crippen LogP contribution in [0, 0.1) is 5.82 Å². The molecule has 0 bridgehead atoms. The summed E-state index contributed by atoms with van der Waals surface area (Å²) >= 11 is 1.67. The smallest absolute Gasteiger partial charge is 0.158 e. The molecule has 1 aromatic carbocycles. The number of aliphatic hydroxyl groups is 1. The standard InChI is InChI=1S/C22H19FN6OS/c1-13(28-9-18-19(10-28)31-21(27-18)14-3-2-6-24-8-14)22(30)11-29-20(25-12-26-29)16-7-15(23)4-5-17(16)22/h2-8,12-13,30H,9-11H2,1H3. The van der Waals surface area contributed by atoms with Crippen molar-refractivity contribution in [2.75, 3.05) is 0 Å². The molecule has 7 nitrogen and oxygen atoms in total. The first kappa shape index (κ1) is 18.7. The van der Waals surface area contributed by atoms with Crippen molar-refractivity contribution < 1.29 is 9.50 Å². The van der Waals surface area contributed by atoms with Gasteiger partial charge in [0.15, 0.2) is 5.82 Å². The van der Waals surface area contributed by atoms with E-state index in [4.69, 9.17) is 4.98 Å². The Kier molecular flexibility index (Phi) is 4.08. The largest absolute Gasteiger partial charge is 0.382 e. The van der Waals surface area contributed by atoms with Crippen molar-refractivity contribution in [1.29, 1.82) is 0 Å². The summed E-state index contributed by atoms with van der Waals surface area (Å²) in [7, 11) is 0. The van der Waals surface area contributed by atoms with Crippen LogP contribution in [-0.2, 0) is 25.2 Å². The second-order valence-electron chi connectivity index (χ2n) is 8.07. The zero-order valence-electron chi connectivity index (χ0n) is 16.7. The number of nitrogens with zero attached hydrogens (tertiary/aromatic N) is 6. The summed E-state index contributed by atoms with van der Waals surface area (Å²) in [5.74, 6) is 0.218. The minimum atomic E-state index is -1.23. The molecule has 9 heteroatoms. The third-order valence-corrected chi connectivity index (χ3v) is 7.45. The van der Waals surface area contributed by atoms with Gasteiger partial charge in [-0.15, -0.1) is 11.3 Å². The Hall–Kier alpha value is -3.01. The van der Waals surface area contributed by atoms with Crippen LogP contribution in [0.5, 0.6) is 0 Å². The van der Waals surface area contributed by atoms with Gasteiger partial charge in [0.1, 0.15) is 22.8 Å². The maximum absolute atomic E-state index is 14.0. The number of hydrogen-bond donors (Lipinski definition) is 1. The lowest BCUT2D eigenvalue weighted by molar-refractivity contribution is -0.0650. The highest BCUT2D eigenvalue weighted by Gasteiger charge is 2.46. The number of rotatable bonds is 3. The van der Waals surface area contributed by atoms with Gasteiger partial charge in [0.2, 0.25) is 0 Å². The van der Waals surface area contributed by atoms with E-state index in [1.807, 2.05) is 25.3 Å². The van der Waals surface area contributed by atoms with Crippen molar-refractivity contribution in [3.63, 3.8) is 0 Å². The average molecular weight is 435 g/mol. The fourth-order valence-corrected chi connectivity index (χ4v) is 5.68. The maximum Gasteiger partial charge on any atom is 0.158 e. The first-order chi connectivity index (χ1) is 15.0. The van der Waals surface area contributed by atoms with Crippen LogP contribution >= 0.6 is 11.3 Å². The normalized spacial score (nSPS) is 20.9. The molecule has 0 spiro atoms. The van der Waals surface area contributed by atoms with E-state index in [0.29, 0.717) is 30.0 Å². The Balaban J connectivity index is 1.32. The van der Waals surface area contributed by atoms with Crippen LogP contribution in [0.3, 0.4) is 0 Å². The molecule has 0 radical (unpaired) electrons. The molecule has 0 aliphatic carbocycles. The van der Waals surface area contributed by atoms with Crippen molar-refractivity contribution in [3.05, 3.63) is 71.0 Å². The van der Waals surface area contributed by atoms with Gasteiger partial charge in [-0.1, -0.05) is 6.07 Å². The third-order valence-electron chi connectivity index (χ3n) is 6.32. The molecule has 0 saturated heterocycles. The number of hydrogen-bond acceptors (Lipinski definition) is 7. The Morgan fingerprint density at radius 1 is 1.26 bits per heavy atom. The molecule has 1 N–H and O–H groups in total. The molecule has 5 heterocycles. The average Bonchev–Trinajstić information content (AvgIpc) is 3.48. The number of halogens is 1. The number of benzene rings is 1. The van der Waals surface area contributed by atoms with E-state index < -0.39 is 5.60 Å². The number of aromatic nitrogens is 5. The van der Waals surface area contributed by atoms with Crippen molar-refractivity contribution in [3.8, 4) is 22.0 Å². The van der Waals surface area contributed by atoms with Crippen LogP contribution in [0.4, 0.5) is 4.39 Å². The number of pyridine rings is 1. The van der Waals surface area contributed by atoms with Gasteiger partial charge in [0, 0.05) is 47.5 Å². The molecule has 2 unspecified atom stereocenters. The first-order valence-electron chi connectivity index (χ1n) is 10.1. The monoisotopic (exact) mass is 434 g/mol. The maximum atomic E-state index is 14.0. The summed E-state index contributed by atoms with van der Waals surface area (Å²) in [6, 6.07) is 8.17. The zero-order valence-corrected chi connectivity index (χ0v) is 17.6. The van der Waals surface area contributed by atoms with Crippen LogP contribution in [0.1, 0.15) is 23.1 Å². The molecule has 31 heavy (non-hydrogen) atoms. The molecule has 0 amide bonds. The predicted molar refractivity (Wildman–Crippen MR) is 113 cm³/mol. The van der Waals surface area contributed by atoms with Crippen LogP contribution in [0.15, 0.2) is 49.1 Å². The zero-order chi connectivity index (χ0) is 21.2. The lowest BCUT2D eigenvalue weighted by atomic mass is 9.81. The quantitative estimate of drug-likeness (QED) is 0.533. The fraction of sp³-hybridized carbons (Fsp3) is 0.273. The lowest BCUT2D eigenvalue weighted by Crippen LogP contribution is -2.51. The SMILES string of the molecule is CC(N1Cc2nc(-c3cccnc3)sc2C1)C1(O)Cn2ncnc2-c2cc(F)ccc21. The molecule has 0 saturated carbocycles. The minimum Gasteiger partial charge on any atom is -0.382 e. The molecule has 0 fully saturated rings. The Morgan fingerprint density at radius 3 is 2.97 bits per heavy atom. The third kappa shape index (κ3) is 2.84. The van der Waals surface area contributed by atoms with Crippen LogP contribution in [0.25, 0.3) is 22.0 Å². The van der Waals surface area contributed by atoms with Gasteiger partial charge in [-0.25, -0.2) is 19.0 Å². The predicted octanol–water partition coefficient (Wildman–Crippen LogP) is 3.21. The van der Waals surface area contributed by atoms with Crippen LogP contribution < -0.4 is 0 Å². The van der Waals surface area contributed by atoms with Crippen molar-refractivity contribution in [2.24, 2.45) is 0 Å². The van der Waals surface area contributed by atoms with Crippen molar-refractivity contribution >= 4 is 11.3 Å². The Bertz CT molecular complexity index is 1260. The fourth-order valence-electron chi connectivity index (χ4n) is 4.59. The van der Waals surface area contributed by atoms with Crippen molar-refractivity contribution in [2.45, 2.75) is 38.2 Å². The van der Waals surface area contributed by atoms with E-state index in [-0.39, 0.29) is 18.4 Å². The van der Waals surface area contributed by atoms with Crippen LogP contribution in [-0.4, -0.2) is 40.8 Å². The summed E-state index contributed by atoms with van der Waals surface area (Å²) in [4.78, 5) is 16.7.